The van der Waals surface area contributed by atoms with Crippen molar-refractivity contribution >= 4 is 34.0 Å². The molecule has 2 aromatic heterocycles. The molecule has 0 aliphatic rings. The standard InChI is InChI=1S/C23H23N5OS2/c1-3-28-21(13-24-22-25-19(14-30-22)17-7-5-4-6-8-17)26-27-23(28)31-15-20(29)18-11-9-16(2)10-12-18/h4-12,14H,3,13,15H2,1-2H3,(H,24,25). The van der Waals surface area contributed by atoms with Gasteiger partial charge in [-0.25, -0.2) is 4.98 Å². The lowest BCUT2D eigenvalue weighted by Gasteiger charge is -2.07. The van der Waals surface area contributed by atoms with E-state index in [1.54, 1.807) is 11.3 Å². The number of benzene rings is 2. The highest BCUT2D eigenvalue weighted by Gasteiger charge is 2.14. The zero-order chi connectivity index (χ0) is 21.6. The average Bonchev–Trinajstić information content (AvgIpc) is 3.43. The third-order valence-corrected chi connectivity index (χ3v) is 6.55. The zero-order valence-corrected chi connectivity index (χ0v) is 19.0. The number of ketones is 1. The molecule has 0 aliphatic heterocycles. The van der Waals surface area contributed by atoms with E-state index in [0.717, 1.165) is 45.0 Å². The smallest absolute Gasteiger partial charge is 0.191 e. The van der Waals surface area contributed by atoms with Crippen LogP contribution in [0.15, 0.2) is 65.1 Å². The third kappa shape index (κ3) is 5.21. The molecule has 0 saturated heterocycles. The second kappa shape index (κ2) is 9.89. The lowest BCUT2D eigenvalue weighted by molar-refractivity contribution is 0.102. The molecule has 4 aromatic rings. The van der Waals surface area contributed by atoms with Crippen molar-refractivity contribution in [2.75, 3.05) is 11.1 Å². The molecule has 2 aromatic carbocycles. The Morgan fingerprint density at radius 3 is 2.61 bits per heavy atom. The van der Waals surface area contributed by atoms with Crippen LogP contribution in [0.4, 0.5) is 5.13 Å². The van der Waals surface area contributed by atoms with Crippen molar-refractivity contribution in [1.29, 1.82) is 0 Å². The van der Waals surface area contributed by atoms with E-state index < -0.39 is 0 Å². The molecule has 1 N–H and O–H groups in total. The van der Waals surface area contributed by atoms with E-state index >= 15 is 0 Å². The maximum Gasteiger partial charge on any atom is 0.191 e. The average molecular weight is 450 g/mol. The Labute approximate surface area is 189 Å². The van der Waals surface area contributed by atoms with Crippen molar-refractivity contribution in [3.63, 3.8) is 0 Å². The summed E-state index contributed by atoms with van der Waals surface area (Å²) >= 11 is 2.99. The van der Waals surface area contributed by atoms with E-state index in [0.29, 0.717) is 12.3 Å². The maximum absolute atomic E-state index is 12.5. The summed E-state index contributed by atoms with van der Waals surface area (Å²) in [5.41, 5.74) is 3.92. The van der Waals surface area contributed by atoms with Crippen LogP contribution in [0, 0.1) is 6.92 Å². The lowest BCUT2D eigenvalue weighted by Crippen LogP contribution is -2.09. The van der Waals surface area contributed by atoms with Gasteiger partial charge < -0.3 is 9.88 Å². The van der Waals surface area contributed by atoms with Crippen molar-refractivity contribution in [2.45, 2.75) is 32.1 Å². The second-order valence-electron chi connectivity index (χ2n) is 6.98. The summed E-state index contributed by atoms with van der Waals surface area (Å²) in [6, 6.07) is 17.8. The number of carbonyl (C=O) groups excluding carboxylic acids is 1. The molecule has 158 valence electrons. The summed E-state index contributed by atoms with van der Waals surface area (Å²) in [5, 5.41) is 15.6. The molecule has 2 heterocycles. The first kappa shape index (κ1) is 21.3. The van der Waals surface area contributed by atoms with Crippen LogP contribution >= 0.6 is 23.1 Å². The molecule has 0 spiro atoms. The van der Waals surface area contributed by atoms with Crippen LogP contribution in [0.5, 0.6) is 0 Å². The first-order chi connectivity index (χ1) is 15.1. The van der Waals surface area contributed by atoms with Gasteiger partial charge in [0, 0.05) is 23.1 Å². The Morgan fingerprint density at radius 1 is 1.10 bits per heavy atom. The number of aromatic nitrogens is 4. The fourth-order valence-electron chi connectivity index (χ4n) is 3.08. The number of thiazole rings is 1. The van der Waals surface area contributed by atoms with Crippen LogP contribution < -0.4 is 5.32 Å². The Morgan fingerprint density at radius 2 is 1.87 bits per heavy atom. The summed E-state index contributed by atoms with van der Waals surface area (Å²) < 4.78 is 2.03. The monoisotopic (exact) mass is 449 g/mol. The van der Waals surface area contributed by atoms with E-state index in [4.69, 9.17) is 0 Å². The number of thioether (sulfide) groups is 1. The predicted molar refractivity (Wildman–Crippen MR) is 127 cm³/mol. The molecular formula is C23H23N5OS2. The van der Waals surface area contributed by atoms with Crippen molar-refractivity contribution in [1.82, 2.24) is 19.7 Å². The Balaban J connectivity index is 1.37. The molecule has 0 fully saturated rings. The van der Waals surface area contributed by atoms with E-state index in [-0.39, 0.29) is 5.78 Å². The van der Waals surface area contributed by atoms with Gasteiger partial charge in [-0.3, -0.25) is 4.79 Å². The van der Waals surface area contributed by atoms with Crippen molar-refractivity contribution < 1.29 is 4.79 Å². The predicted octanol–water partition coefficient (Wildman–Crippen LogP) is 5.32. The molecule has 0 bridgehead atoms. The number of hydrogen-bond acceptors (Lipinski definition) is 7. The van der Waals surface area contributed by atoms with Crippen molar-refractivity contribution in [3.05, 3.63) is 76.9 Å². The molecule has 4 rings (SSSR count). The highest BCUT2D eigenvalue weighted by molar-refractivity contribution is 7.99. The van der Waals surface area contributed by atoms with Crippen molar-refractivity contribution in [2.24, 2.45) is 0 Å². The largest absolute Gasteiger partial charge is 0.354 e. The van der Waals surface area contributed by atoms with Gasteiger partial charge in [0.05, 0.1) is 18.0 Å². The topological polar surface area (TPSA) is 72.7 Å². The minimum atomic E-state index is 0.0894. The van der Waals surface area contributed by atoms with E-state index in [2.05, 4.69) is 27.4 Å². The Hall–Kier alpha value is -2.97. The Bertz CT molecular complexity index is 1150. The normalized spacial score (nSPS) is 10.9. The number of aryl methyl sites for hydroxylation is 1. The molecular weight excluding hydrogens is 426 g/mol. The molecule has 0 amide bonds. The van der Waals surface area contributed by atoms with Gasteiger partial charge in [-0.05, 0) is 13.8 Å². The summed E-state index contributed by atoms with van der Waals surface area (Å²) in [7, 11) is 0. The highest BCUT2D eigenvalue weighted by atomic mass is 32.2. The van der Waals surface area contributed by atoms with Gasteiger partial charge in [0.15, 0.2) is 21.9 Å². The summed E-state index contributed by atoms with van der Waals surface area (Å²) in [6.07, 6.45) is 0. The van der Waals surface area contributed by atoms with E-state index in [9.17, 15) is 4.79 Å². The maximum atomic E-state index is 12.5. The number of nitrogens with one attached hydrogen (secondary N) is 1. The van der Waals surface area contributed by atoms with Crippen molar-refractivity contribution in [3.8, 4) is 11.3 Å². The van der Waals surface area contributed by atoms with Crippen LogP contribution in [0.1, 0.15) is 28.7 Å². The van der Waals surface area contributed by atoms with Crippen LogP contribution in [0.3, 0.4) is 0 Å². The highest BCUT2D eigenvalue weighted by Crippen LogP contribution is 2.25. The summed E-state index contributed by atoms with van der Waals surface area (Å²) in [5.74, 6) is 1.25. The fourth-order valence-corrected chi connectivity index (χ4v) is 4.71. The van der Waals surface area contributed by atoms with Gasteiger partial charge in [-0.1, -0.05) is 71.9 Å². The van der Waals surface area contributed by atoms with E-state index in [1.165, 1.54) is 11.8 Å². The molecule has 6 nitrogen and oxygen atoms in total. The molecule has 0 unspecified atom stereocenters. The first-order valence-electron chi connectivity index (χ1n) is 10.0. The van der Waals surface area contributed by atoms with Crippen LogP contribution in [-0.2, 0) is 13.1 Å². The number of anilines is 1. The van der Waals surface area contributed by atoms with Gasteiger partial charge in [0.25, 0.3) is 0 Å². The molecule has 0 atom stereocenters. The molecule has 8 heteroatoms. The molecule has 0 saturated carbocycles. The SMILES string of the molecule is CCn1c(CNc2nc(-c3ccccc3)cs2)nnc1SCC(=O)c1ccc(C)cc1. The number of hydrogen-bond donors (Lipinski definition) is 1. The molecule has 0 radical (unpaired) electrons. The number of carbonyl (C=O) groups is 1. The van der Waals surface area contributed by atoms with Gasteiger partial charge in [0.1, 0.15) is 0 Å². The van der Waals surface area contributed by atoms with Gasteiger partial charge in [-0.15, -0.1) is 21.5 Å². The van der Waals surface area contributed by atoms with E-state index in [1.807, 2.05) is 71.5 Å². The minimum Gasteiger partial charge on any atom is -0.354 e. The quantitative estimate of drug-likeness (QED) is 0.275. The van der Waals surface area contributed by atoms with Gasteiger partial charge in [0.2, 0.25) is 0 Å². The molecule has 0 aliphatic carbocycles. The zero-order valence-electron chi connectivity index (χ0n) is 17.4. The minimum absolute atomic E-state index is 0.0894. The van der Waals surface area contributed by atoms with Crippen LogP contribution in [0.2, 0.25) is 0 Å². The number of rotatable bonds is 9. The number of Topliss-reactive ketones (excluding diaryl/α,β-unsaturated/α-hetero) is 1. The first-order valence-corrected chi connectivity index (χ1v) is 11.9. The van der Waals surface area contributed by atoms with Gasteiger partial charge in [-0.2, -0.15) is 0 Å². The van der Waals surface area contributed by atoms with Gasteiger partial charge >= 0.3 is 0 Å². The summed E-state index contributed by atoms with van der Waals surface area (Å²) in [4.78, 5) is 17.1. The second-order valence-corrected chi connectivity index (χ2v) is 8.78. The Kier molecular flexibility index (Phi) is 6.79. The van der Waals surface area contributed by atoms with Crippen LogP contribution in [-0.4, -0.2) is 31.3 Å². The van der Waals surface area contributed by atoms with Crippen LogP contribution in [0.25, 0.3) is 11.3 Å². The third-order valence-electron chi connectivity index (χ3n) is 4.79. The summed E-state index contributed by atoms with van der Waals surface area (Å²) in [6.45, 7) is 5.32. The lowest BCUT2D eigenvalue weighted by atomic mass is 10.1. The number of nitrogens with zero attached hydrogens (tertiary/aromatic N) is 4. The molecule has 31 heavy (non-hydrogen) atoms. The fraction of sp³-hybridized carbons (Fsp3) is 0.217.